The summed E-state index contributed by atoms with van der Waals surface area (Å²) < 4.78 is 1.68. The SMILES string of the molecule is Cc1cn[c]([Sn][C](C)(C)C)cc1Cl. The molecule has 0 bridgehead atoms. The van der Waals surface area contributed by atoms with Gasteiger partial charge in [0.25, 0.3) is 0 Å². The molecule has 0 amide bonds. The molecule has 13 heavy (non-hydrogen) atoms. The van der Waals surface area contributed by atoms with E-state index in [1.807, 2.05) is 19.2 Å². The van der Waals surface area contributed by atoms with Crippen LogP contribution in [0.5, 0.6) is 0 Å². The van der Waals surface area contributed by atoms with Crippen LogP contribution in [0.2, 0.25) is 8.45 Å². The molecule has 0 saturated carbocycles. The molecule has 3 heteroatoms. The molecule has 0 spiro atoms. The summed E-state index contributed by atoms with van der Waals surface area (Å²) in [7, 11) is 0. The van der Waals surface area contributed by atoms with Gasteiger partial charge >= 0.3 is 95.4 Å². The van der Waals surface area contributed by atoms with Crippen LogP contribution in [0.25, 0.3) is 0 Å². The molecule has 1 aromatic rings. The summed E-state index contributed by atoms with van der Waals surface area (Å²) in [6.07, 6.45) is 1.88. The van der Waals surface area contributed by atoms with Gasteiger partial charge in [-0.3, -0.25) is 0 Å². The van der Waals surface area contributed by atoms with Crippen LogP contribution in [0.4, 0.5) is 0 Å². The summed E-state index contributed by atoms with van der Waals surface area (Å²) in [6, 6.07) is 2.04. The molecule has 0 unspecified atom stereocenters. The van der Waals surface area contributed by atoms with Gasteiger partial charge in [-0.2, -0.15) is 0 Å². The Morgan fingerprint density at radius 2 is 2.00 bits per heavy atom. The van der Waals surface area contributed by atoms with Gasteiger partial charge in [0, 0.05) is 0 Å². The van der Waals surface area contributed by atoms with E-state index in [1.54, 1.807) is 0 Å². The van der Waals surface area contributed by atoms with Gasteiger partial charge in [-0.25, -0.2) is 0 Å². The second kappa shape index (κ2) is 4.18. The molecule has 0 N–H and O–H groups in total. The van der Waals surface area contributed by atoms with Crippen LogP contribution in [0.3, 0.4) is 0 Å². The average Bonchev–Trinajstić information content (AvgIpc) is 1.94. The minimum atomic E-state index is -0.591. The van der Waals surface area contributed by atoms with Gasteiger partial charge in [-0.1, -0.05) is 0 Å². The first-order chi connectivity index (χ1) is 5.88. The summed E-state index contributed by atoms with van der Waals surface area (Å²) >= 11 is 5.44. The molecule has 0 aliphatic heterocycles. The maximum atomic E-state index is 6.03. The van der Waals surface area contributed by atoms with Crippen molar-refractivity contribution in [2.24, 2.45) is 0 Å². The van der Waals surface area contributed by atoms with E-state index < -0.39 is 21.1 Å². The molecule has 2 radical (unpaired) electrons. The Bertz CT molecular complexity index is 304. The molecule has 0 aliphatic rings. The summed E-state index contributed by atoms with van der Waals surface area (Å²) in [6.45, 7) is 8.80. The molecular formula is C10H14ClNSn. The predicted octanol–water partition coefficient (Wildman–Crippen LogP) is 2.59. The van der Waals surface area contributed by atoms with E-state index in [4.69, 9.17) is 11.6 Å². The molecule has 1 heterocycles. The maximum absolute atomic E-state index is 6.03. The second-order valence-electron chi connectivity index (χ2n) is 4.19. The summed E-state index contributed by atoms with van der Waals surface area (Å²) in [5.41, 5.74) is 1.07. The van der Waals surface area contributed by atoms with Crippen LogP contribution >= 0.6 is 11.6 Å². The fourth-order valence-electron chi connectivity index (χ4n) is 0.952. The third-order valence-corrected chi connectivity index (χ3v) is 5.60. The zero-order valence-corrected chi connectivity index (χ0v) is 12.1. The van der Waals surface area contributed by atoms with Crippen molar-refractivity contribution < 1.29 is 0 Å². The van der Waals surface area contributed by atoms with Gasteiger partial charge in [-0.15, -0.1) is 0 Å². The molecule has 0 saturated heterocycles. The standard InChI is InChI=1S/C6H5ClN.C4H9.Sn/c1-5-4-8-3-2-6(5)7;1-4(2)3;/h2,4H,1H3;1-3H3;. The Morgan fingerprint density at radius 3 is 2.46 bits per heavy atom. The second-order valence-corrected chi connectivity index (χ2v) is 11.1. The van der Waals surface area contributed by atoms with Crippen LogP contribution in [-0.4, -0.2) is 26.1 Å². The molecular weight excluding hydrogens is 288 g/mol. The number of aryl methyl sites for hydroxylation is 1. The van der Waals surface area contributed by atoms with Crippen LogP contribution in [0.15, 0.2) is 12.3 Å². The minimum absolute atomic E-state index is 0.439. The van der Waals surface area contributed by atoms with Crippen molar-refractivity contribution in [2.45, 2.75) is 31.1 Å². The first-order valence-corrected chi connectivity index (χ1v) is 7.52. The first kappa shape index (κ1) is 11.3. The van der Waals surface area contributed by atoms with Gasteiger partial charge in [0.1, 0.15) is 0 Å². The molecule has 1 aromatic heterocycles. The number of pyridine rings is 1. The van der Waals surface area contributed by atoms with E-state index in [0.717, 1.165) is 10.6 Å². The van der Waals surface area contributed by atoms with E-state index in [0.29, 0.717) is 3.43 Å². The number of halogens is 1. The van der Waals surface area contributed by atoms with Crippen molar-refractivity contribution in [3.63, 3.8) is 0 Å². The third-order valence-electron chi connectivity index (χ3n) is 1.54. The van der Waals surface area contributed by atoms with Gasteiger partial charge < -0.3 is 0 Å². The van der Waals surface area contributed by atoms with Crippen molar-refractivity contribution in [1.82, 2.24) is 4.98 Å². The van der Waals surface area contributed by atoms with Gasteiger partial charge in [0.15, 0.2) is 0 Å². The molecule has 1 rings (SSSR count). The Balaban J connectivity index is 2.86. The summed E-state index contributed by atoms with van der Waals surface area (Å²) in [5.74, 6) is 0. The summed E-state index contributed by atoms with van der Waals surface area (Å²) in [4.78, 5) is 4.42. The monoisotopic (exact) mass is 303 g/mol. The fraction of sp³-hybridized carbons (Fsp3) is 0.500. The van der Waals surface area contributed by atoms with Crippen LogP contribution in [-0.2, 0) is 0 Å². The number of rotatable bonds is 1. The topological polar surface area (TPSA) is 12.9 Å². The van der Waals surface area contributed by atoms with Crippen molar-refractivity contribution in [1.29, 1.82) is 0 Å². The van der Waals surface area contributed by atoms with E-state index in [1.165, 1.54) is 3.71 Å². The number of nitrogens with zero attached hydrogens (tertiary/aromatic N) is 1. The van der Waals surface area contributed by atoms with Crippen LogP contribution < -0.4 is 3.71 Å². The van der Waals surface area contributed by atoms with E-state index in [2.05, 4.69) is 25.8 Å². The fourth-order valence-corrected chi connectivity index (χ4v) is 4.54. The van der Waals surface area contributed by atoms with Crippen LogP contribution in [0, 0.1) is 6.92 Å². The molecule has 1 nitrogen and oxygen atoms in total. The van der Waals surface area contributed by atoms with Crippen molar-refractivity contribution in [2.75, 3.05) is 0 Å². The number of hydrogen-bond donors (Lipinski definition) is 0. The van der Waals surface area contributed by atoms with Crippen molar-refractivity contribution in [3.05, 3.63) is 22.8 Å². The predicted molar refractivity (Wildman–Crippen MR) is 59.1 cm³/mol. The average molecular weight is 302 g/mol. The zero-order chi connectivity index (χ0) is 10.1. The molecule has 70 valence electrons. The van der Waals surface area contributed by atoms with E-state index in [-0.39, 0.29) is 0 Å². The van der Waals surface area contributed by atoms with Gasteiger partial charge in [0.2, 0.25) is 0 Å². The van der Waals surface area contributed by atoms with Crippen molar-refractivity contribution >= 4 is 36.5 Å². The first-order valence-electron chi connectivity index (χ1n) is 4.29. The van der Waals surface area contributed by atoms with E-state index >= 15 is 0 Å². The third kappa shape index (κ3) is 3.86. The normalized spacial score (nSPS) is 11.8. The van der Waals surface area contributed by atoms with Gasteiger partial charge in [0.05, 0.1) is 0 Å². The summed E-state index contributed by atoms with van der Waals surface area (Å²) in [5, 5.41) is 0.857. The molecule has 0 aliphatic carbocycles. The van der Waals surface area contributed by atoms with Gasteiger partial charge in [-0.05, 0) is 0 Å². The quantitative estimate of drug-likeness (QED) is 0.727. The van der Waals surface area contributed by atoms with E-state index in [9.17, 15) is 0 Å². The Hall–Kier alpha value is 0.239. The van der Waals surface area contributed by atoms with Crippen molar-refractivity contribution in [3.8, 4) is 0 Å². The number of aromatic nitrogens is 1. The zero-order valence-electron chi connectivity index (χ0n) is 8.48. The van der Waals surface area contributed by atoms with Crippen LogP contribution in [0.1, 0.15) is 26.3 Å². The Labute approximate surface area is 95.1 Å². The molecule has 0 atom stereocenters. The Kier molecular flexibility index (Phi) is 3.63. The Morgan fingerprint density at radius 1 is 1.38 bits per heavy atom. The molecule has 0 aromatic carbocycles. The number of hydrogen-bond acceptors (Lipinski definition) is 1. The molecule has 0 fully saturated rings.